The molecular formula is C52H64BN5. The van der Waals surface area contributed by atoms with Crippen LogP contribution in [0.25, 0.3) is 0 Å². The average Bonchev–Trinajstić information content (AvgIpc) is 3.14. The van der Waals surface area contributed by atoms with Gasteiger partial charge in [0.2, 0.25) is 0 Å². The van der Waals surface area contributed by atoms with Gasteiger partial charge in [-0.3, -0.25) is 9.80 Å². The first-order valence-corrected chi connectivity index (χ1v) is 21.8. The van der Waals surface area contributed by atoms with Gasteiger partial charge < -0.3 is 0 Å². The summed E-state index contributed by atoms with van der Waals surface area (Å²) in [7, 11) is 0. The van der Waals surface area contributed by atoms with Crippen molar-refractivity contribution in [3.63, 3.8) is 0 Å². The maximum absolute atomic E-state index is 5.49. The second-order valence-electron chi connectivity index (χ2n) is 22.8. The van der Waals surface area contributed by atoms with Gasteiger partial charge in [-0.25, -0.2) is 15.0 Å². The minimum absolute atomic E-state index is 0.00937. The maximum atomic E-state index is 5.49. The summed E-state index contributed by atoms with van der Waals surface area (Å²) in [5.74, 6) is 3.54. The van der Waals surface area contributed by atoms with Gasteiger partial charge in [0.15, 0.2) is 0 Å². The van der Waals surface area contributed by atoms with Crippen LogP contribution in [0.2, 0.25) is 0 Å². The lowest BCUT2D eigenvalue weighted by molar-refractivity contribution is 0.332. The van der Waals surface area contributed by atoms with Crippen molar-refractivity contribution in [2.24, 2.45) is 0 Å². The van der Waals surface area contributed by atoms with Gasteiger partial charge in [0, 0.05) is 28.7 Å². The molecule has 0 amide bonds. The van der Waals surface area contributed by atoms with Crippen molar-refractivity contribution in [1.82, 2.24) is 15.0 Å². The Bertz CT molecular complexity index is 2510. The molecule has 0 atom stereocenters. The molecule has 3 aromatic carbocycles. The summed E-state index contributed by atoms with van der Waals surface area (Å²) in [4.78, 5) is 21.0. The van der Waals surface area contributed by atoms with E-state index in [2.05, 4.69) is 181 Å². The van der Waals surface area contributed by atoms with Crippen LogP contribution in [0.15, 0.2) is 66.9 Å². The van der Waals surface area contributed by atoms with Crippen molar-refractivity contribution in [3.05, 3.63) is 106 Å². The fraction of sp³-hybridized carbons (Fsp3) is 0.481. The van der Waals surface area contributed by atoms with Crippen molar-refractivity contribution in [2.45, 2.75) is 162 Å². The summed E-state index contributed by atoms with van der Waals surface area (Å²) in [6.45, 7) is 35.2. The Morgan fingerprint density at radius 3 is 1.62 bits per heavy atom. The maximum Gasteiger partial charge on any atom is 0.256 e. The predicted octanol–water partition coefficient (Wildman–Crippen LogP) is 11.6. The molecule has 0 bridgehead atoms. The van der Waals surface area contributed by atoms with Crippen molar-refractivity contribution < 1.29 is 0 Å². The molecule has 0 radical (unpaired) electrons. The van der Waals surface area contributed by atoms with Crippen LogP contribution in [0, 0.1) is 6.92 Å². The van der Waals surface area contributed by atoms with Crippen LogP contribution < -0.4 is 26.2 Å². The Hall–Kier alpha value is -4.45. The Morgan fingerprint density at radius 2 is 1.05 bits per heavy atom. The van der Waals surface area contributed by atoms with Gasteiger partial charge in [-0.2, -0.15) is 0 Å². The van der Waals surface area contributed by atoms with Gasteiger partial charge in [-0.15, -0.1) is 0 Å². The first kappa shape index (κ1) is 39.0. The van der Waals surface area contributed by atoms with Crippen LogP contribution in [-0.2, 0) is 32.5 Å². The molecule has 5 aromatic rings. The van der Waals surface area contributed by atoms with E-state index < -0.39 is 0 Å². The lowest BCUT2D eigenvalue weighted by atomic mass is 9.33. The number of anilines is 6. The molecular weight excluding hydrogens is 705 g/mol. The first-order chi connectivity index (χ1) is 26.9. The molecule has 0 spiro atoms. The van der Waals surface area contributed by atoms with E-state index in [4.69, 9.17) is 15.0 Å². The lowest BCUT2D eigenvalue weighted by Crippen LogP contribution is -2.62. The third kappa shape index (κ3) is 5.89. The third-order valence-electron chi connectivity index (χ3n) is 14.7. The molecule has 2 aliphatic heterocycles. The fourth-order valence-electron chi connectivity index (χ4n) is 10.5. The standard InChI is InChI=1S/C52H64BN5/c1-31-55-45-44-46(56-31)58(43-21-17-33(30-54-43)48(5,6)7)42-29-38-37(51(12,13)24-25-52(38,14)15)28-40(42)53(44)39-20-16-32(47(2,3)4)26-41(39)57(45)34-18-19-35-36(27-34)50(10,11)23-22-49(35,8)9/h16-21,26-30H,22-25H2,1-15H3. The lowest BCUT2D eigenvalue weighted by Gasteiger charge is -2.47. The summed E-state index contributed by atoms with van der Waals surface area (Å²) in [5.41, 5.74) is 15.9. The zero-order valence-corrected chi connectivity index (χ0v) is 38.0. The summed E-state index contributed by atoms with van der Waals surface area (Å²) >= 11 is 0. The van der Waals surface area contributed by atoms with Crippen LogP contribution in [0.3, 0.4) is 0 Å². The zero-order chi connectivity index (χ0) is 41.7. The van der Waals surface area contributed by atoms with Crippen LogP contribution in [0.1, 0.15) is 162 Å². The number of fused-ring (bicyclic) bond motifs is 6. The molecule has 0 N–H and O–H groups in total. The molecule has 5 nitrogen and oxygen atoms in total. The Kier molecular flexibility index (Phi) is 8.28. The number of hydrogen-bond acceptors (Lipinski definition) is 5. The van der Waals surface area contributed by atoms with Gasteiger partial charge in [-0.1, -0.05) is 127 Å². The molecule has 4 heterocycles. The average molecular weight is 770 g/mol. The highest BCUT2D eigenvalue weighted by atomic mass is 15.3. The largest absolute Gasteiger partial charge is 0.296 e. The summed E-state index contributed by atoms with van der Waals surface area (Å²) in [5, 5.41) is 0. The Labute approximate surface area is 349 Å². The van der Waals surface area contributed by atoms with E-state index in [1.165, 1.54) is 62.1 Å². The second-order valence-corrected chi connectivity index (χ2v) is 22.8. The monoisotopic (exact) mass is 770 g/mol. The van der Waals surface area contributed by atoms with Crippen molar-refractivity contribution >= 4 is 57.6 Å². The SMILES string of the molecule is Cc1nc2c3c(n1)N(c1ccc(C(C)(C)C)cn1)c1cc4c(cc1B3c1ccc(C(C)(C)C)cc1N2c1ccc2c(c1)C(C)(C)CCC2(C)C)C(C)(C)CCC4(C)C. The number of rotatable bonds is 2. The van der Waals surface area contributed by atoms with E-state index in [1.807, 2.05) is 0 Å². The van der Waals surface area contributed by atoms with E-state index in [-0.39, 0.29) is 39.2 Å². The molecule has 2 aliphatic carbocycles. The fourth-order valence-corrected chi connectivity index (χ4v) is 10.5. The van der Waals surface area contributed by atoms with Gasteiger partial charge in [0.25, 0.3) is 6.71 Å². The van der Waals surface area contributed by atoms with E-state index >= 15 is 0 Å². The van der Waals surface area contributed by atoms with Gasteiger partial charge in [-0.05, 0) is 140 Å². The number of hydrogen-bond donors (Lipinski definition) is 0. The highest BCUT2D eigenvalue weighted by Gasteiger charge is 2.48. The molecule has 9 rings (SSSR count). The molecule has 2 aromatic heterocycles. The molecule has 6 heteroatoms. The van der Waals surface area contributed by atoms with Crippen LogP contribution in [-0.4, -0.2) is 21.7 Å². The minimum atomic E-state index is -0.0508. The number of aromatic nitrogens is 3. The molecule has 58 heavy (non-hydrogen) atoms. The summed E-state index contributed by atoms with van der Waals surface area (Å²) in [6, 6.07) is 24.1. The number of benzene rings is 3. The summed E-state index contributed by atoms with van der Waals surface area (Å²) in [6.07, 6.45) is 6.73. The normalized spacial score (nSPS) is 19.5. The Balaban J connectivity index is 1.38. The van der Waals surface area contributed by atoms with E-state index in [9.17, 15) is 0 Å². The van der Waals surface area contributed by atoms with Crippen LogP contribution in [0.5, 0.6) is 0 Å². The van der Waals surface area contributed by atoms with Gasteiger partial charge in [0.1, 0.15) is 23.3 Å². The highest BCUT2D eigenvalue weighted by Crippen LogP contribution is 2.51. The van der Waals surface area contributed by atoms with E-state index in [1.54, 1.807) is 0 Å². The van der Waals surface area contributed by atoms with Gasteiger partial charge >= 0.3 is 0 Å². The first-order valence-electron chi connectivity index (χ1n) is 21.8. The molecule has 0 fully saturated rings. The molecule has 0 saturated carbocycles. The zero-order valence-electron chi connectivity index (χ0n) is 38.0. The predicted molar refractivity (Wildman–Crippen MR) is 247 cm³/mol. The third-order valence-corrected chi connectivity index (χ3v) is 14.7. The van der Waals surface area contributed by atoms with E-state index in [0.717, 1.165) is 53.7 Å². The minimum Gasteiger partial charge on any atom is -0.296 e. The quantitative estimate of drug-likeness (QED) is 0.164. The molecule has 4 aliphatic rings. The molecule has 0 unspecified atom stereocenters. The molecule has 0 saturated heterocycles. The van der Waals surface area contributed by atoms with Crippen LogP contribution >= 0.6 is 0 Å². The smallest absolute Gasteiger partial charge is 0.256 e. The van der Waals surface area contributed by atoms with E-state index in [0.29, 0.717) is 0 Å². The van der Waals surface area contributed by atoms with Crippen molar-refractivity contribution in [3.8, 4) is 0 Å². The number of pyridine rings is 1. The van der Waals surface area contributed by atoms with Crippen LogP contribution in [0.4, 0.5) is 34.5 Å². The second kappa shape index (κ2) is 12.3. The number of aryl methyl sites for hydroxylation is 1. The topological polar surface area (TPSA) is 45.2 Å². The Morgan fingerprint density at radius 1 is 0.534 bits per heavy atom. The van der Waals surface area contributed by atoms with Crippen molar-refractivity contribution in [2.75, 3.05) is 9.80 Å². The van der Waals surface area contributed by atoms with Gasteiger partial charge in [0.05, 0.1) is 0 Å². The highest BCUT2D eigenvalue weighted by molar-refractivity contribution is 7.00. The van der Waals surface area contributed by atoms with Crippen molar-refractivity contribution in [1.29, 1.82) is 0 Å². The number of nitrogens with zero attached hydrogens (tertiary/aromatic N) is 5. The molecule has 300 valence electrons. The summed E-state index contributed by atoms with van der Waals surface area (Å²) < 4.78 is 0.